The van der Waals surface area contributed by atoms with Gasteiger partial charge in [-0.2, -0.15) is 0 Å². The van der Waals surface area contributed by atoms with Gasteiger partial charge in [0, 0.05) is 22.5 Å². The molecule has 1 heterocycles. The Morgan fingerprint density at radius 2 is 2.00 bits per heavy atom. The first-order valence-corrected chi connectivity index (χ1v) is 6.39. The van der Waals surface area contributed by atoms with Crippen LogP contribution in [0.25, 0.3) is 10.9 Å². The van der Waals surface area contributed by atoms with E-state index in [9.17, 15) is 5.11 Å². The van der Waals surface area contributed by atoms with Crippen molar-refractivity contribution in [3.63, 3.8) is 0 Å². The number of nitrogens with zero attached hydrogens (tertiary/aromatic N) is 1. The lowest BCUT2D eigenvalue weighted by molar-refractivity contribution is 0.200. The zero-order valence-electron chi connectivity index (χ0n) is 10.1. The second-order valence-corrected chi connectivity index (χ2v) is 4.96. The second kappa shape index (κ2) is 4.52. The Hall–Kier alpha value is -0.700. The second-order valence-electron chi connectivity index (χ2n) is 4.19. The van der Waals surface area contributed by atoms with Gasteiger partial charge in [-0.25, -0.2) is 0 Å². The molecule has 0 fully saturated rings. The van der Waals surface area contributed by atoms with Gasteiger partial charge in [0.25, 0.3) is 0 Å². The molecule has 0 bridgehead atoms. The van der Waals surface area contributed by atoms with Crippen molar-refractivity contribution in [1.82, 2.24) is 4.57 Å². The highest BCUT2D eigenvalue weighted by atomic mass is 35.5. The first-order valence-electron chi connectivity index (χ1n) is 5.63. The Balaban J connectivity index is 2.95. The number of rotatable bonds is 2. The number of hydrogen-bond donors (Lipinski definition) is 1. The summed E-state index contributed by atoms with van der Waals surface area (Å²) in [4.78, 5) is 0. The van der Waals surface area contributed by atoms with Crippen molar-refractivity contribution in [2.75, 3.05) is 0 Å². The number of hydrogen-bond acceptors (Lipinski definition) is 1. The molecule has 92 valence electrons. The van der Waals surface area contributed by atoms with Crippen LogP contribution in [0.2, 0.25) is 10.2 Å². The van der Waals surface area contributed by atoms with Crippen molar-refractivity contribution in [1.29, 1.82) is 0 Å². The van der Waals surface area contributed by atoms with E-state index in [0.717, 1.165) is 33.6 Å². The van der Waals surface area contributed by atoms with E-state index in [1.54, 1.807) is 6.92 Å². The molecule has 1 N–H and O–H groups in total. The molecular formula is C13H15Cl2NO. The summed E-state index contributed by atoms with van der Waals surface area (Å²) < 4.78 is 1.99. The van der Waals surface area contributed by atoms with E-state index in [4.69, 9.17) is 23.2 Å². The third-order valence-corrected chi connectivity index (χ3v) is 3.94. The van der Waals surface area contributed by atoms with Gasteiger partial charge in [-0.1, -0.05) is 29.3 Å². The zero-order chi connectivity index (χ0) is 12.7. The molecule has 1 unspecified atom stereocenters. The molecule has 0 amide bonds. The fourth-order valence-electron chi connectivity index (χ4n) is 2.29. The molecule has 1 aromatic carbocycles. The number of aliphatic hydroxyl groups is 1. The quantitative estimate of drug-likeness (QED) is 0.864. The van der Waals surface area contributed by atoms with E-state index in [1.807, 2.05) is 30.5 Å². The predicted octanol–water partition coefficient (Wildman–Crippen LogP) is 4.33. The molecule has 0 saturated carbocycles. The minimum absolute atomic E-state index is 0.585. The summed E-state index contributed by atoms with van der Waals surface area (Å²) in [5.41, 5.74) is 2.80. The first kappa shape index (κ1) is 12.7. The Kier molecular flexibility index (Phi) is 3.39. The van der Waals surface area contributed by atoms with Gasteiger partial charge in [0.2, 0.25) is 0 Å². The van der Waals surface area contributed by atoms with Gasteiger partial charge in [-0.15, -0.1) is 0 Å². The average Bonchev–Trinajstić information content (AvgIpc) is 2.56. The van der Waals surface area contributed by atoms with Crippen LogP contribution < -0.4 is 0 Å². The molecule has 0 saturated heterocycles. The maximum atomic E-state index is 9.84. The molecule has 0 aliphatic carbocycles. The van der Waals surface area contributed by atoms with E-state index in [-0.39, 0.29) is 0 Å². The van der Waals surface area contributed by atoms with Crippen LogP contribution in [0, 0.1) is 6.92 Å². The number of aromatic nitrogens is 1. The zero-order valence-corrected chi connectivity index (χ0v) is 11.6. The number of aliphatic hydroxyl groups excluding tert-OH is 1. The fourth-order valence-corrected chi connectivity index (χ4v) is 2.91. The molecule has 4 heteroatoms. The smallest absolute Gasteiger partial charge is 0.115 e. The van der Waals surface area contributed by atoms with E-state index in [0.29, 0.717) is 5.15 Å². The Morgan fingerprint density at radius 3 is 2.53 bits per heavy atom. The van der Waals surface area contributed by atoms with Gasteiger partial charge >= 0.3 is 0 Å². The molecule has 1 atom stereocenters. The molecule has 0 spiro atoms. The van der Waals surface area contributed by atoms with Crippen LogP contribution in [0.3, 0.4) is 0 Å². The predicted molar refractivity (Wildman–Crippen MR) is 73.0 cm³/mol. The minimum Gasteiger partial charge on any atom is -0.389 e. The molecule has 1 aromatic heterocycles. The maximum absolute atomic E-state index is 9.84. The van der Waals surface area contributed by atoms with Crippen molar-refractivity contribution in [3.8, 4) is 0 Å². The molecule has 2 aromatic rings. The lowest BCUT2D eigenvalue weighted by Crippen LogP contribution is -1.96. The molecule has 0 radical (unpaired) electrons. The summed E-state index contributed by atoms with van der Waals surface area (Å²) in [5, 5.41) is 12.1. The number of aryl methyl sites for hydroxylation is 2. The van der Waals surface area contributed by atoms with Crippen LogP contribution in [0.1, 0.15) is 31.1 Å². The maximum Gasteiger partial charge on any atom is 0.115 e. The van der Waals surface area contributed by atoms with Crippen LogP contribution >= 0.6 is 23.2 Å². The van der Waals surface area contributed by atoms with Crippen LogP contribution in [0.15, 0.2) is 12.1 Å². The monoisotopic (exact) mass is 271 g/mol. The number of fused-ring (bicyclic) bond motifs is 1. The minimum atomic E-state index is -0.585. The van der Waals surface area contributed by atoms with E-state index in [2.05, 4.69) is 0 Å². The summed E-state index contributed by atoms with van der Waals surface area (Å²) in [6, 6.07) is 3.77. The first-order chi connectivity index (χ1) is 7.99. The van der Waals surface area contributed by atoms with E-state index < -0.39 is 6.10 Å². The molecule has 2 rings (SSSR count). The average molecular weight is 272 g/mol. The summed E-state index contributed by atoms with van der Waals surface area (Å²) in [6.07, 6.45) is -0.585. The Labute approximate surface area is 111 Å². The third kappa shape index (κ3) is 1.85. The van der Waals surface area contributed by atoms with Gasteiger partial charge in [0.1, 0.15) is 5.15 Å². The third-order valence-electron chi connectivity index (χ3n) is 3.12. The summed E-state index contributed by atoms with van der Waals surface area (Å²) >= 11 is 12.5. The molecule has 2 nitrogen and oxygen atoms in total. The summed E-state index contributed by atoms with van der Waals surface area (Å²) in [7, 11) is 0. The van der Waals surface area contributed by atoms with Gasteiger partial charge in [-0.05, 0) is 32.4 Å². The van der Waals surface area contributed by atoms with Gasteiger partial charge in [0.05, 0.1) is 11.6 Å². The largest absolute Gasteiger partial charge is 0.389 e. The van der Waals surface area contributed by atoms with Crippen LogP contribution in [0.4, 0.5) is 0 Å². The van der Waals surface area contributed by atoms with Gasteiger partial charge in [0.15, 0.2) is 0 Å². The normalized spacial score (nSPS) is 13.3. The lowest BCUT2D eigenvalue weighted by atomic mass is 10.1. The molecule has 17 heavy (non-hydrogen) atoms. The van der Waals surface area contributed by atoms with Crippen molar-refractivity contribution in [3.05, 3.63) is 33.4 Å². The highest BCUT2D eigenvalue weighted by Gasteiger charge is 2.20. The topological polar surface area (TPSA) is 25.2 Å². The Morgan fingerprint density at radius 1 is 1.35 bits per heavy atom. The molecule has 0 aliphatic rings. The molecular weight excluding hydrogens is 257 g/mol. The summed E-state index contributed by atoms with van der Waals surface area (Å²) in [6.45, 7) is 6.48. The van der Waals surface area contributed by atoms with Crippen LogP contribution in [-0.4, -0.2) is 9.67 Å². The van der Waals surface area contributed by atoms with Crippen molar-refractivity contribution >= 4 is 34.1 Å². The SMILES string of the molecule is CCn1c(Cl)c(C(C)O)c2ccc(Cl)c(C)c21. The highest BCUT2D eigenvalue weighted by Crippen LogP contribution is 2.37. The molecule has 0 aliphatic heterocycles. The number of benzene rings is 1. The van der Waals surface area contributed by atoms with Crippen molar-refractivity contribution < 1.29 is 5.11 Å². The van der Waals surface area contributed by atoms with Crippen LogP contribution in [0.5, 0.6) is 0 Å². The fraction of sp³-hybridized carbons (Fsp3) is 0.385. The van der Waals surface area contributed by atoms with Gasteiger partial charge < -0.3 is 9.67 Å². The standard InChI is InChI=1S/C13H15Cl2NO/c1-4-16-12-7(2)10(14)6-5-9(12)11(8(3)17)13(16)15/h5-6,8,17H,4H2,1-3H3. The van der Waals surface area contributed by atoms with E-state index in [1.165, 1.54) is 0 Å². The van der Waals surface area contributed by atoms with Crippen molar-refractivity contribution in [2.24, 2.45) is 0 Å². The lowest BCUT2D eigenvalue weighted by Gasteiger charge is -2.06. The Bertz CT molecular complexity index is 573. The van der Waals surface area contributed by atoms with Crippen LogP contribution in [-0.2, 0) is 6.54 Å². The summed E-state index contributed by atoms with van der Waals surface area (Å²) in [5.74, 6) is 0. The van der Waals surface area contributed by atoms with Gasteiger partial charge in [-0.3, -0.25) is 0 Å². The van der Waals surface area contributed by atoms with Crippen molar-refractivity contribution in [2.45, 2.75) is 33.4 Å². The highest BCUT2D eigenvalue weighted by molar-refractivity contribution is 6.34. The number of halogens is 2. The van der Waals surface area contributed by atoms with E-state index >= 15 is 0 Å².